The number of hydrogen-bond donors (Lipinski definition) is 0. The van der Waals surface area contributed by atoms with Crippen LogP contribution in [0.5, 0.6) is 5.75 Å². The second-order valence-electron chi connectivity index (χ2n) is 5.27. The molecule has 0 unspecified atom stereocenters. The van der Waals surface area contributed by atoms with Crippen molar-refractivity contribution >= 4 is 33.5 Å². The Morgan fingerprint density at radius 1 is 0.783 bits per heavy atom. The van der Waals surface area contributed by atoms with E-state index in [0.29, 0.717) is 5.75 Å². The highest BCUT2D eigenvalue weighted by Gasteiger charge is 2.16. The summed E-state index contributed by atoms with van der Waals surface area (Å²) in [5.74, 6) is -0.162. The molecule has 0 N–H and O–H groups in total. The minimum atomic E-state index is -0.368. The van der Waals surface area contributed by atoms with Gasteiger partial charge >= 0.3 is 11.9 Å². The van der Waals surface area contributed by atoms with Crippen molar-refractivity contribution in [3.63, 3.8) is 0 Å². The van der Waals surface area contributed by atoms with E-state index in [0.717, 1.165) is 27.1 Å². The van der Waals surface area contributed by atoms with Gasteiger partial charge in [-0.15, -0.1) is 0 Å². The molecule has 23 heavy (non-hydrogen) atoms. The number of esters is 2. The molecule has 0 radical (unpaired) electrons. The number of carbonyl (C=O) groups excluding carboxylic acids is 2. The van der Waals surface area contributed by atoms with Gasteiger partial charge in [-0.1, -0.05) is 48.5 Å². The van der Waals surface area contributed by atoms with Gasteiger partial charge < -0.3 is 9.47 Å². The van der Waals surface area contributed by atoms with Crippen LogP contribution in [0.1, 0.15) is 19.4 Å². The number of ether oxygens (including phenoxy) is 2. The largest absolute Gasteiger partial charge is 0.461 e. The third kappa shape index (κ3) is 2.88. The van der Waals surface area contributed by atoms with Crippen LogP contribution in [-0.4, -0.2) is 11.9 Å². The van der Waals surface area contributed by atoms with Gasteiger partial charge in [0.05, 0.1) is 0 Å². The fourth-order valence-corrected chi connectivity index (χ4v) is 2.76. The van der Waals surface area contributed by atoms with Gasteiger partial charge in [0.2, 0.25) is 0 Å². The summed E-state index contributed by atoms with van der Waals surface area (Å²) in [4.78, 5) is 22.7. The lowest BCUT2D eigenvalue weighted by Gasteiger charge is -2.15. The van der Waals surface area contributed by atoms with Crippen molar-refractivity contribution in [1.82, 2.24) is 0 Å². The summed E-state index contributed by atoms with van der Waals surface area (Å²) < 4.78 is 10.7. The Kier molecular flexibility index (Phi) is 3.98. The van der Waals surface area contributed by atoms with Crippen LogP contribution >= 0.6 is 0 Å². The minimum absolute atomic E-state index is 0.177. The van der Waals surface area contributed by atoms with Crippen molar-refractivity contribution < 1.29 is 19.1 Å². The van der Waals surface area contributed by atoms with E-state index in [-0.39, 0.29) is 18.5 Å². The summed E-state index contributed by atoms with van der Waals surface area (Å²) in [6, 6.07) is 15.3. The topological polar surface area (TPSA) is 52.6 Å². The van der Waals surface area contributed by atoms with Crippen molar-refractivity contribution in [2.24, 2.45) is 0 Å². The normalized spacial score (nSPS) is 10.7. The monoisotopic (exact) mass is 308 g/mol. The van der Waals surface area contributed by atoms with E-state index in [1.165, 1.54) is 13.8 Å². The summed E-state index contributed by atoms with van der Waals surface area (Å²) in [6.45, 7) is 2.95. The fourth-order valence-electron chi connectivity index (χ4n) is 2.76. The van der Waals surface area contributed by atoms with Crippen LogP contribution in [0.25, 0.3) is 21.5 Å². The van der Waals surface area contributed by atoms with E-state index in [1.807, 2.05) is 48.5 Å². The molecule has 0 saturated heterocycles. The standard InChI is InChI=1S/C19H16O4/c1-12(20)22-11-18-14-7-3-5-9-16(14)19(23-13(2)21)17-10-6-4-8-15(17)18/h3-10H,11H2,1-2H3. The first-order chi connectivity index (χ1) is 11.1. The lowest BCUT2D eigenvalue weighted by Crippen LogP contribution is -2.05. The van der Waals surface area contributed by atoms with E-state index in [2.05, 4.69) is 0 Å². The van der Waals surface area contributed by atoms with E-state index in [9.17, 15) is 9.59 Å². The molecule has 4 nitrogen and oxygen atoms in total. The van der Waals surface area contributed by atoms with Crippen LogP contribution in [0.2, 0.25) is 0 Å². The molecular weight excluding hydrogens is 292 g/mol. The Labute approximate surface area is 133 Å². The SMILES string of the molecule is CC(=O)OCc1c2ccccc2c(OC(C)=O)c2ccccc12. The highest BCUT2D eigenvalue weighted by Crippen LogP contribution is 2.38. The first kappa shape index (κ1) is 15.0. The van der Waals surface area contributed by atoms with Crippen molar-refractivity contribution in [2.45, 2.75) is 20.5 Å². The Bertz CT molecular complexity index is 855. The Hall–Kier alpha value is -2.88. The molecule has 116 valence electrons. The summed E-state index contributed by atoms with van der Waals surface area (Å²) in [7, 11) is 0. The van der Waals surface area contributed by atoms with E-state index < -0.39 is 0 Å². The van der Waals surface area contributed by atoms with Gasteiger partial charge in [0.15, 0.2) is 0 Å². The highest BCUT2D eigenvalue weighted by atomic mass is 16.5. The quantitative estimate of drug-likeness (QED) is 0.417. The van der Waals surface area contributed by atoms with E-state index in [4.69, 9.17) is 9.47 Å². The van der Waals surface area contributed by atoms with Crippen LogP contribution in [0.15, 0.2) is 48.5 Å². The predicted molar refractivity (Wildman–Crippen MR) is 88.2 cm³/mol. The number of fused-ring (bicyclic) bond motifs is 2. The molecule has 0 spiro atoms. The summed E-state index contributed by atoms with van der Waals surface area (Å²) in [5.41, 5.74) is 0.905. The zero-order valence-electron chi connectivity index (χ0n) is 13.0. The zero-order chi connectivity index (χ0) is 16.4. The van der Waals surface area contributed by atoms with Crippen molar-refractivity contribution in [1.29, 1.82) is 0 Å². The minimum Gasteiger partial charge on any atom is -0.461 e. The number of carbonyl (C=O) groups is 2. The number of rotatable bonds is 3. The molecule has 0 fully saturated rings. The molecule has 0 bridgehead atoms. The molecule has 0 aromatic heterocycles. The smallest absolute Gasteiger partial charge is 0.308 e. The van der Waals surface area contributed by atoms with Gasteiger partial charge in [0, 0.05) is 30.2 Å². The van der Waals surface area contributed by atoms with E-state index in [1.54, 1.807) is 0 Å². The maximum atomic E-state index is 11.5. The Morgan fingerprint density at radius 3 is 1.70 bits per heavy atom. The first-order valence-corrected chi connectivity index (χ1v) is 7.32. The van der Waals surface area contributed by atoms with Crippen LogP contribution < -0.4 is 4.74 Å². The molecule has 0 amide bonds. The molecular formula is C19H16O4. The second-order valence-corrected chi connectivity index (χ2v) is 5.27. The first-order valence-electron chi connectivity index (χ1n) is 7.32. The van der Waals surface area contributed by atoms with Gasteiger partial charge in [0.1, 0.15) is 12.4 Å². The number of hydrogen-bond acceptors (Lipinski definition) is 4. The van der Waals surface area contributed by atoms with Gasteiger partial charge in [-0.3, -0.25) is 9.59 Å². The molecule has 3 aromatic rings. The summed E-state index contributed by atoms with van der Waals surface area (Å²) >= 11 is 0. The lowest BCUT2D eigenvalue weighted by molar-refractivity contribution is -0.142. The molecule has 3 rings (SSSR count). The Balaban J connectivity index is 2.36. The molecule has 3 aromatic carbocycles. The molecule has 0 heterocycles. The predicted octanol–water partition coefficient (Wildman–Crippen LogP) is 3.98. The van der Waals surface area contributed by atoms with Crippen LogP contribution in [0.4, 0.5) is 0 Å². The molecule has 0 aliphatic carbocycles. The lowest BCUT2D eigenvalue weighted by atomic mass is 9.96. The van der Waals surface area contributed by atoms with Crippen LogP contribution in [-0.2, 0) is 20.9 Å². The zero-order valence-corrected chi connectivity index (χ0v) is 13.0. The molecule has 0 aliphatic heterocycles. The Morgan fingerprint density at radius 2 is 1.26 bits per heavy atom. The average molecular weight is 308 g/mol. The van der Waals surface area contributed by atoms with Crippen molar-refractivity contribution in [3.05, 3.63) is 54.1 Å². The maximum Gasteiger partial charge on any atom is 0.308 e. The van der Waals surface area contributed by atoms with Gasteiger partial charge in [-0.25, -0.2) is 0 Å². The average Bonchev–Trinajstić information content (AvgIpc) is 2.53. The van der Waals surface area contributed by atoms with Gasteiger partial charge in [-0.2, -0.15) is 0 Å². The molecule has 0 saturated carbocycles. The third-order valence-corrected chi connectivity index (χ3v) is 3.66. The summed E-state index contributed by atoms with van der Waals surface area (Å²) in [5, 5.41) is 3.46. The van der Waals surface area contributed by atoms with Gasteiger partial charge in [-0.05, 0) is 10.8 Å². The van der Waals surface area contributed by atoms with Gasteiger partial charge in [0.25, 0.3) is 0 Å². The molecule has 4 heteroatoms. The molecule has 0 aliphatic rings. The van der Waals surface area contributed by atoms with Crippen LogP contribution in [0.3, 0.4) is 0 Å². The fraction of sp³-hybridized carbons (Fsp3) is 0.158. The highest BCUT2D eigenvalue weighted by molar-refractivity contribution is 6.09. The van der Waals surface area contributed by atoms with E-state index >= 15 is 0 Å². The van der Waals surface area contributed by atoms with Crippen LogP contribution in [0, 0.1) is 0 Å². The maximum absolute atomic E-state index is 11.5. The third-order valence-electron chi connectivity index (χ3n) is 3.66. The second kappa shape index (κ2) is 6.08. The number of benzene rings is 3. The summed E-state index contributed by atoms with van der Waals surface area (Å²) in [6.07, 6.45) is 0. The molecule has 0 atom stereocenters. The van der Waals surface area contributed by atoms with Crippen molar-refractivity contribution in [3.8, 4) is 5.75 Å². The van der Waals surface area contributed by atoms with Crippen molar-refractivity contribution in [2.75, 3.05) is 0 Å².